The number of hydrogen-bond acceptors (Lipinski definition) is 7. The van der Waals surface area contributed by atoms with Crippen molar-refractivity contribution in [3.63, 3.8) is 0 Å². The number of rotatable bonds is 7. The van der Waals surface area contributed by atoms with E-state index < -0.39 is 5.91 Å². The van der Waals surface area contributed by atoms with E-state index in [0.717, 1.165) is 11.3 Å². The lowest BCUT2D eigenvalue weighted by Gasteiger charge is -2.11. The van der Waals surface area contributed by atoms with Gasteiger partial charge in [-0.05, 0) is 44.2 Å². The molecule has 0 spiro atoms. The largest absolute Gasteiger partial charge is 0.493 e. The Labute approximate surface area is 189 Å². The number of methoxy groups -OCH3 is 2. The Kier molecular flexibility index (Phi) is 6.12. The topological polar surface area (TPSA) is 108 Å². The minimum atomic E-state index is -0.486. The average molecular weight is 448 g/mol. The third-order valence-corrected chi connectivity index (χ3v) is 5.30. The Balaban J connectivity index is 1.54. The maximum absolute atomic E-state index is 12.9. The van der Waals surface area contributed by atoms with Crippen molar-refractivity contribution in [2.24, 2.45) is 0 Å². The summed E-state index contributed by atoms with van der Waals surface area (Å²) < 4.78 is 17.8. The summed E-state index contributed by atoms with van der Waals surface area (Å²) in [6, 6.07) is 10.6. The molecule has 1 N–H and O–H groups in total. The van der Waals surface area contributed by atoms with Crippen LogP contribution in [0.4, 0.5) is 0 Å². The number of pyridine rings is 2. The summed E-state index contributed by atoms with van der Waals surface area (Å²) in [5.41, 5.74) is 2.33. The van der Waals surface area contributed by atoms with Gasteiger partial charge in [0, 0.05) is 30.1 Å². The molecule has 0 atom stereocenters. The van der Waals surface area contributed by atoms with Gasteiger partial charge >= 0.3 is 0 Å². The molecule has 3 heterocycles. The number of nitrogens with one attached hydrogen (secondary N) is 1. The van der Waals surface area contributed by atoms with Gasteiger partial charge in [0.25, 0.3) is 5.91 Å². The maximum atomic E-state index is 12.9. The molecule has 1 amide bonds. The third kappa shape index (κ3) is 4.30. The van der Waals surface area contributed by atoms with Gasteiger partial charge in [-0.2, -0.15) is 0 Å². The molecule has 1 aromatic carbocycles. The van der Waals surface area contributed by atoms with Gasteiger partial charge in [0.05, 0.1) is 26.2 Å². The molecule has 0 saturated heterocycles. The number of ether oxygens (including phenoxy) is 2. The van der Waals surface area contributed by atoms with Gasteiger partial charge in [-0.3, -0.25) is 9.59 Å². The summed E-state index contributed by atoms with van der Waals surface area (Å²) in [5, 5.41) is 7.18. The SMILES string of the molecule is CCn1cc(C(=O)NCc2cc(-c3ccc(OC)c(OC)c3)on2)c(=O)c2ccc(C)nc21. The van der Waals surface area contributed by atoms with Crippen molar-refractivity contribution in [2.75, 3.05) is 14.2 Å². The van der Waals surface area contributed by atoms with Crippen LogP contribution in [-0.4, -0.2) is 34.8 Å². The zero-order valence-electron chi connectivity index (χ0n) is 18.8. The number of carbonyl (C=O) groups is 1. The molecule has 9 heteroatoms. The first-order chi connectivity index (χ1) is 15.9. The highest BCUT2D eigenvalue weighted by atomic mass is 16.5. The van der Waals surface area contributed by atoms with Crippen molar-refractivity contribution in [2.45, 2.75) is 26.9 Å². The predicted octanol–water partition coefficient (Wildman–Crippen LogP) is 3.33. The summed E-state index contributed by atoms with van der Waals surface area (Å²) in [6.45, 7) is 4.47. The first kappa shape index (κ1) is 22.1. The molecular formula is C24H24N4O5. The summed E-state index contributed by atoms with van der Waals surface area (Å²) in [6.07, 6.45) is 1.55. The molecule has 3 aromatic heterocycles. The van der Waals surface area contributed by atoms with E-state index in [-0.39, 0.29) is 17.5 Å². The summed E-state index contributed by atoms with van der Waals surface area (Å²) in [4.78, 5) is 30.2. The number of fused-ring (bicyclic) bond motifs is 1. The molecule has 0 aliphatic carbocycles. The Bertz CT molecular complexity index is 1390. The lowest BCUT2D eigenvalue weighted by Crippen LogP contribution is -2.29. The third-order valence-electron chi connectivity index (χ3n) is 5.30. The summed E-state index contributed by atoms with van der Waals surface area (Å²) in [7, 11) is 3.12. The van der Waals surface area contributed by atoms with Crippen LogP contribution in [0.2, 0.25) is 0 Å². The highest BCUT2D eigenvalue weighted by Crippen LogP contribution is 2.32. The molecule has 0 fully saturated rings. The van der Waals surface area contributed by atoms with Gasteiger partial charge in [0.1, 0.15) is 16.9 Å². The normalized spacial score (nSPS) is 10.9. The first-order valence-corrected chi connectivity index (χ1v) is 10.4. The standard InChI is InChI=1S/C24H24N4O5/c1-5-28-13-18(22(29)17-8-6-14(2)26-23(17)28)24(30)25-12-16-11-20(33-27-16)15-7-9-19(31-3)21(10-15)32-4/h6-11,13H,5,12H2,1-4H3,(H,25,30). The Hall–Kier alpha value is -4.14. The molecular weight excluding hydrogens is 424 g/mol. The molecule has 0 bridgehead atoms. The van der Waals surface area contributed by atoms with Crippen LogP contribution in [-0.2, 0) is 13.1 Å². The van der Waals surface area contributed by atoms with Crippen LogP contribution in [0.1, 0.15) is 28.7 Å². The predicted molar refractivity (Wildman–Crippen MR) is 123 cm³/mol. The van der Waals surface area contributed by atoms with Crippen molar-refractivity contribution in [1.82, 2.24) is 20.0 Å². The van der Waals surface area contributed by atoms with E-state index in [4.69, 9.17) is 14.0 Å². The minimum Gasteiger partial charge on any atom is -0.493 e. The molecule has 0 saturated carbocycles. The van der Waals surface area contributed by atoms with Crippen LogP contribution in [0, 0.1) is 6.92 Å². The number of nitrogens with zero attached hydrogens (tertiary/aromatic N) is 3. The van der Waals surface area contributed by atoms with Crippen LogP contribution in [0.25, 0.3) is 22.4 Å². The molecule has 33 heavy (non-hydrogen) atoms. The number of aromatic nitrogens is 3. The van der Waals surface area contributed by atoms with Crippen LogP contribution in [0.3, 0.4) is 0 Å². The molecule has 0 unspecified atom stereocenters. The average Bonchev–Trinajstić information content (AvgIpc) is 3.31. The minimum absolute atomic E-state index is 0.0543. The second-order valence-corrected chi connectivity index (χ2v) is 7.42. The molecule has 9 nitrogen and oxygen atoms in total. The Morgan fingerprint density at radius 1 is 1.12 bits per heavy atom. The maximum Gasteiger partial charge on any atom is 0.257 e. The van der Waals surface area contributed by atoms with Crippen molar-refractivity contribution in [3.8, 4) is 22.8 Å². The first-order valence-electron chi connectivity index (χ1n) is 10.4. The molecule has 4 aromatic rings. The van der Waals surface area contributed by atoms with Gasteiger partial charge in [0.2, 0.25) is 5.43 Å². The summed E-state index contributed by atoms with van der Waals surface area (Å²) in [5.74, 6) is 1.20. The lowest BCUT2D eigenvalue weighted by molar-refractivity contribution is 0.0948. The molecule has 0 aliphatic heterocycles. The molecule has 0 aliphatic rings. The van der Waals surface area contributed by atoms with Gasteiger partial charge in [0.15, 0.2) is 17.3 Å². The van der Waals surface area contributed by atoms with Crippen LogP contribution in [0.15, 0.2) is 51.9 Å². The second-order valence-electron chi connectivity index (χ2n) is 7.42. The highest BCUT2D eigenvalue weighted by molar-refractivity contribution is 5.96. The smallest absolute Gasteiger partial charge is 0.257 e. The summed E-state index contributed by atoms with van der Waals surface area (Å²) >= 11 is 0. The Morgan fingerprint density at radius 2 is 1.91 bits per heavy atom. The number of amides is 1. The Morgan fingerprint density at radius 3 is 2.64 bits per heavy atom. The lowest BCUT2D eigenvalue weighted by atomic mass is 10.1. The number of benzene rings is 1. The quantitative estimate of drug-likeness (QED) is 0.462. The number of carbonyl (C=O) groups excluding carboxylic acids is 1. The van der Waals surface area contributed by atoms with E-state index in [1.807, 2.05) is 19.9 Å². The van der Waals surface area contributed by atoms with Crippen LogP contribution in [0.5, 0.6) is 11.5 Å². The zero-order valence-corrected chi connectivity index (χ0v) is 18.8. The van der Waals surface area contributed by atoms with E-state index in [2.05, 4.69) is 15.5 Å². The monoisotopic (exact) mass is 448 g/mol. The van der Waals surface area contributed by atoms with Crippen LogP contribution >= 0.6 is 0 Å². The van der Waals surface area contributed by atoms with Gasteiger partial charge in [-0.1, -0.05) is 5.16 Å². The zero-order chi connectivity index (χ0) is 23.5. The number of hydrogen-bond donors (Lipinski definition) is 1. The van der Waals surface area contributed by atoms with E-state index in [1.54, 1.807) is 55.3 Å². The van der Waals surface area contributed by atoms with E-state index in [1.165, 1.54) is 0 Å². The number of aryl methyl sites for hydroxylation is 2. The van der Waals surface area contributed by atoms with Gasteiger partial charge in [-0.25, -0.2) is 4.98 Å². The van der Waals surface area contributed by atoms with Crippen molar-refractivity contribution in [1.29, 1.82) is 0 Å². The fraction of sp³-hybridized carbons (Fsp3) is 0.250. The fourth-order valence-corrected chi connectivity index (χ4v) is 3.55. The van der Waals surface area contributed by atoms with Crippen molar-refractivity contribution < 1.29 is 18.8 Å². The highest BCUT2D eigenvalue weighted by Gasteiger charge is 2.17. The molecule has 170 valence electrons. The molecule has 0 radical (unpaired) electrons. The van der Waals surface area contributed by atoms with Crippen molar-refractivity contribution >= 4 is 16.9 Å². The molecule has 4 rings (SSSR count). The van der Waals surface area contributed by atoms with Crippen LogP contribution < -0.4 is 20.2 Å². The van der Waals surface area contributed by atoms with E-state index in [0.29, 0.717) is 40.5 Å². The van der Waals surface area contributed by atoms with Gasteiger partial charge in [-0.15, -0.1) is 0 Å². The fourth-order valence-electron chi connectivity index (χ4n) is 3.55. The van der Waals surface area contributed by atoms with Gasteiger partial charge < -0.3 is 23.9 Å². The van der Waals surface area contributed by atoms with Crippen molar-refractivity contribution in [3.05, 3.63) is 69.8 Å². The second kappa shape index (κ2) is 9.15. The van der Waals surface area contributed by atoms with E-state index in [9.17, 15) is 9.59 Å². The van der Waals surface area contributed by atoms with E-state index >= 15 is 0 Å².